The zero-order valence-electron chi connectivity index (χ0n) is 10.6. The predicted octanol–water partition coefficient (Wildman–Crippen LogP) is 3.15. The molecule has 0 aliphatic rings. The number of carbonyl (C=O) groups is 1. The lowest BCUT2D eigenvalue weighted by atomic mass is 10.2. The Balaban J connectivity index is 2.34. The molecule has 2 aromatic rings. The first-order valence-corrected chi connectivity index (χ1v) is 7.83. The second kappa shape index (κ2) is 5.83. The standard InChI is InChI=1S/C14H10ClFO4S/c15-12-3-1-2-10(13(12)16)8-21(19,20)11-6-4-9(5-7-11)14(17)18/h1-7H,8H2,(H,17,18). The lowest BCUT2D eigenvalue weighted by molar-refractivity contribution is 0.0696. The van der Waals surface area contributed by atoms with Crippen molar-refractivity contribution in [2.24, 2.45) is 0 Å². The molecule has 2 rings (SSSR count). The van der Waals surface area contributed by atoms with Gasteiger partial charge >= 0.3 is 5.97 Å². The van der Waals surface area contributed by atoms with E-state index in [9.17, 15) is 17.6 Å². The average molecular weight is 329 g/mol. The Kier molecular flexibility index (Phi) is 4.29. The zero-order chi connectivity index (χ0) is 15.6. The van der Waals surface area contributed by atoms with Gasteiger partial charge in [0.2, 0.25) is 0 Å². The minimum Gasteiger partial charge on any atom is -0.478 e. The Morgan fingerprint density at radius 2 is 1.76 bits per heavy atom. The molecule has 0 radical (unpaired) electrons. The summed E-state index contributed by atoms with van der Waals surface area (Å²) in [5.74, 6) is -2.48. The molecular weight excluding hydrogens is 319 g/mol. The number of rotatable bonds is 4. The molecule has 0 amide bonds. The molecule has 110 valence electrons. The van der Waals surface area contributed by atoms with Crippen LogP contribution >= 0.6 is 11.6 Å². The van der Waals surface area contributed by atoms with Gasteiger partial charge in [-0.1, -0.05) is 23.7 Å². The van der Waals surface area contributed by atoms with Crippen LogP contribution in [-0.2, 0) is 15.6 Å². The van der Waals surface area contributed by atoms with Gasteiger partial charge in [0.25, 0.3) is 0 Å². The molecular formula is C14H10ClFO4S. The molecule has 0 unspecified atom stereocenters. The molecule has 1 N–H and O–H groups in total. The van der Waals surface area contributed by atoms with E-state index in [4.69, 9.17) is 16.7 Å². The number of hydrogen-bond acceptors (Lipinski definition) is 3. The average Bonchev–Trinajstić information content (AvgIpc) is 2.44. The van der Waals surface area contributed by atoms with Gasteiger partial charge in [-0.15, -0.1) is 0 Å². The second-order valence-corrected chi connectivity index (χ2v) is 6.70. The van der Waals surface area contributed by atoms with Gasteiger partial charge < -0.3 is 5.11 Å². The topological polar surface area (TPSA) is 71.4 Å². The number of sulfone groups is 1. The molecule has 0 fully saturated rings. The van der Waals surface area contributed by atoms with Crippen molar-refractivity contribution in [3.8, 4) is 0 Å². The molecule has 0 aliphatic carbocycles. The van der Waals surface area contributed by atoms with Crippen LogP contribution in [0, 0.1) is 5.82 Å². The fourth-order valence-corrected chi connectivity index (χ4v) is 3.30. The van der Waals surface area contributed by atoms with Crippen molar-refractivity contribution < 1.29 is 22.7 Å². The molecule has 21 heavy (non-hydrogen) atoms. The number of halogens is 2. The van der Waals surface area contributed by atoms with Crippen LogP contribution in [-0.4, -0.2) is 19.5 Å². The zero-order valence-corrected chi connectivity index (χ0v) is 12.2. The van der Waals surface area contributed by atoms with Crippen molar-refractivity contribution in [3.63, 3.8) is 0 Å². The van der Waals surface area contributed by atoms with E-state index >= 15 is 0 Å². The van der Waals surface area contributed by atoms with Crippen molar-refractivity contribution in [1.29, 1.82) is 0 Å². The maximum absolute atomic E-state index is 13.7. The molecule has 0 aromatic heterocycles. The van der Waals surface area contributed by atoms with E-state index in [2.05, 4.69) is 0 Å². The first kappa shape index (κ1) is 15.5. The fourth-order valence-electron chi connectivity index (χ4n) is 1.75. The van der Waals surface area contributed by atoms with Gasteiger partial charge in [0.15, 0.2) is 9.84 Å². The van der Waals surface area contributed by atoms with Gasteiger partial charge in [-0.3, -0.25) is 0 Å². The summed E-state index contributed by atoms with van der Waals surface area (Å²) in [5, 5.41) is 8.62. The molecule has 0 saturated carbocycles. The lowest BCUT2D eigenvalue weighted by Crippen LogP contribution is -2.07. The van der Waals surface area contributed by atoms with Crippen molar-refractivity contribution in [3.05, 3.63) is 64.4 Å². The highest BCUT2D eigenvalue weighted by Crippen LogP contribution is 2.23. The van der Waals surface area contributed by atoms with E-state index in [1.807, 2.05) is 0 Å². The second-order valence-electron chi connectivity index (χ2n) is 4.30. The van der Waals surface area contributed by atoms with E-state index in [0.717, 1.165) is 0 Å². The summed E-state index contributed by atoms with van der Waals surface area (Å²) in [6.07, 6.45) is 0. The van der Waals surface area contributed by atoms with Crippen molar-refractivity contribution in [1.82, 2.24) is 0 Å². The summed E-state index contributed by atoms with van der Waals surface area (Å²) in [5.41, 5.74) is -0.0623. The quantitative estimate of drug-likeness (QED) is 0.935. The van der Waals surface area contributed by atoms with Gasteiger partial charge in [0.1, 0.15) is 5.82 Å². The van der Waals surface area contributed by atoms with E-state index < -0.39 is 27.4 Å². The first-order valence-electron chi connectivity index (χ1n) is 5.80. The maximum Gasteiger partial charge on any atom is 0.335 e. The van der Waals surface area contributed by atoms with Gasteiger partial charge in [0.05, 0.1) is 21.2 Å². The minimum absolute atomic E-state index is 0.0251. The molecule has 4 nitrogen and oxygen atoms in total. The third kappa shape index (κ3) is 3.40. The first-order chi connectivity index (χ1) is 9.81. The third-order valence-electron chi connectivity index (χ3n) is 2.84. The Bertz CT molecular complexity index is 785. The Labute approximate surface area is 125 Å². The smallest absolute Gasteiger partial charge is 0.335 e. The molecule has 2 aromatic carbocycles. The summed E-state index contributed by atoms with van der Waals surface area (Å²) in [7, 11) is -3.79. The Morgan fingerprint density at radius 1 is 1.14 bits per heavy atom. The summed E-state index contributed by atoms with van der Waals surface area (Å²) < 4.78 is 38.1. The van der Waals surface area contributed by atoms with Crippen LogP contribution in [0.2, 0.25) is 5.02 Å². The highest BCUT2D eigenvalue weighted by Gasteiger charge is 2.19. The molecule has 0 aliphatic heterocycles. The van der Waals surface area contributed by atoms with Crippen LogP contribution in [0.15, 0.2) is 47.4 Å². The minimum atomic E-state index is -3.79. The van der Waals surface area contributed by atoms with Crippen LogP contribution in [0.4, 0.5) is 4.39 Å². The molecule has 0 saturated heterocycles. The van der Waals surface area contributed by atoms with E-state index in [1.165, 1.54) is 42.5 Å². The summed E-state index contributed by atoms with van der Waals surface area (Å²) >= 11 is 5.61. The van der Waals surface area contributed by atoms with Gasteiger partial charge in [-0.25, -0.2) is 17.6 Å². The van der Waals surface area contributed by atoms with Crippen LogP contribution in [0.3, 0.4) is 0 Å². The maximum atomic E-state index is 13.7. The van der Waals surface area contributed by atoms with Crippen LogP contribution in [0.5, 0.6) is 0 Å². The fraction of sp³-hybridized carbons (Fsp3) is 0.0714. The largest absolute Gasteiger partial charge is 0.478 e. The van der Waals surface area contributed by atoms with E-state index in [1.54, 1.807) is 0 Å². The summed E-state index contributed by atoms with van der Waals surface area (Å²) in [4.78, 5) is 10.6. The van der Waals surface area contributed by atoms with Crippen LogP contribution in [0.25, 0.3) is 0 Å². The number of benzene rings is 2. The molecule has 0 spiro atoms. The predicted molar refractivity (Wildman–Crippen MR) is 75.7 cm³/mol. The van der Waals surface area contributed by atoms with Crippen LogP contribution in [0.1, 0.15) is 15.9 Å². The normalized spacial score (nSPS) is 11.3. The lowest BCUT2D eigenvalue weighted by Gasteiger charge is -2.07. The molecule has 0 atom stereocenters. The summed E-state index contributed by atoms with van der Waals surface area (Å²) in [6.45, 7) is 0. The molecule has 7 heteroatoms. The summed E-state index contributed by atoms with van der Waals surface area (Å²) in [6, 6.07) is 8.86. The number of hydrogen-bond donors (Lipinski definition) is 1. The Hall–Kier alpha value is -1.92. The third-order valence-corrected chi connectivity index (χ3v) is 4.81. The molecule has 0 bridgehead atoms. The van der Waals surface area contributed by atoms with Crippen LogP contribution < -0.4 is 0 Å². The Morgan fingerprint density at radius 3 is 2.33 bits per heavy atom. The van der Waals surface area contributed by atoms with E-state index in [-0.39, 0.29) is 21.0 Å². The van der Waals surface area contributed by atoms with Gasteiger partial charge in [0, 0.05) is 5.56 Å². The van der Waals surface area contributed by atoms with Crippen molar-refractivity contribution >= 4 is 27.4 Å². The SMILES string of the molecule is O=C(O)c1ccc(S(=O)(=O)Cc2cccc(Cl)c2F)cc1. The van der Waals surface area contributed by atoms with Gasteiger partial charge in [-0.2, -0.15) is 0 Å². The number of carboxylic acids is 1. The van der Waals surface area contributed by atoms with Gasteiger partial charge in [-0.05, 0) is 30.3 Å². The molecule has 0 heterocycles. The number of carboxylic acid groups (broad SMARTS) is 1. The highest BCUT2D eigenvalue weighted by atomic mass is 35.5. The highest BCUT2D eigenvalue weighted by molar-refractivity contribution is 7.90. The monoisotopic (exact) mass is 328 g/mol. The number of aromatic carboxylic acids is 1. The van der Waals surface area contributed by atoms with Crippen molar-refractivity contribution in [2.45, 2.75) is 10.6 Å². The van der Waals surface area contributed by atoms with E-state index in [0.29, 0.717) is 0 Å². The van der Waals surface area contributed by atoms with Crippen molar-refractivity contribution in [2.75, 3.05) is 0 Å².